The zero-order chi connectivity index (χ0) is 22.3. The summed E-state index contributed by atoms with van der Waals surface area (Å²) in [6.07, 6.45) is 1.40. The largest absolute Gasteiger partial charge is 0.357 e. The number of benzene rings is 2. The van der Waals surface area contributed by atoms with Gasteiger partial charge in [-0.25, -0.2) is 0 Å². The number of nitrogens with one attached hydrogen (secondary N) is 1. The first-order valence-corrected chi connectivity index (χ1v) is 11.1. The number of hydrogen-bond donors (Lipinski definition) is 1. The van der Waals surface area contributed by atoms with Crippen molar-refractivity contribution in [2.24, 2.45) is 0 Å². The number of carbonyl (C=O) groups excluding carboxylic acids is 2. The molecular formula is C24H30Cl2N2O2. The van der Waals surface area contributed by atoms with E-state index >= 15 is 0 Å². The van der Waals surface area contributed by atoms with Crippen molar-refractivity contribution in [1.82, 2.24) is 10.2 Å². The van der Waals surface area contributed by atoms with E-state index in [-0.39, 0.29) is 18.4 Å². The van der Waals surface area contributed by atoms with Crippen LogP contribution in [0.4, 0.5) is 0 Å². The molecule has 1 N–H and O–H groups in total. The standard InChI is InChI=1S/C24H30Cl2N2O2/c1-5-22(24(30)27-4)28(15-19-20(25)7-6-8-21(19)26)23(29)14-11-17-9-12-18(13-10-17)16(2)3/h6-10,12-13,16,22H,5,11,14-15H2,1-4H3,(H,27,30)/t22-/m0/s1. The first kappa shape index (κ1) is 24.2. The first-order chi connectivity index (χ1) is 14.3. The van der Waals surface area contributed by atoms with Gasteiger partial charge in [-0.1, -0.05) is 74.3 Å². The minimum Gasteiger partial charge on any atom is -0.357 e. The molecule has 0 spiro atoms. The average Bonchev–Trinajstić information content (AvgIpc) is 2.73. The quantitative estimate of drug-likeness (QED) is 0.542. The van der Waals surface area contributed by atoms with Gasteiger partial charge >= 0.3 is 0 Å². The van der Waals surface area contributed by atoms with Crippen LogP contribution in [-0.4, -0.2) is 29.8 Å². The molecule has 0 radical (unpaired) electrons. The van der Waals surface area contributed by atoms with Gasteiger partial charge in [-0.15, -0.1) is 0 Å². The van der Waals surface area contributed by atoms with E-state index < -0.39 is 6.04 Å². The maximum absolute atomic E-state index is 13.2. The second-order valence-corrected chi connectivity index (χ2v) is 8.47. The smallest absolute Gasteiger partial charge is 0.242 e. The van der Waals surface area contributed by atoms with Crippen LogP contribution in [0.5, 0.6) is 0 Å². The number of rotatable bonds is 9. The van der Waals surface area contributed by atoms with E-state index in [9.17, 15) is 9.59 Å². The number of aryl methyl sites for hydroxylation is 1. The molecule has 0 aliphatic carbocycles. The second kappa shape index (κ2) is 11.4. The van der Waals surface area contributed by atoms with E-state index in [1.807, 2.05) is 6.92 Å². The summed E-state index contributed by atoms with van der Waals surface area (Å²) in [4.78, 5) is 27.2. The Balaban J connectivity index is 2.22. The Labute approximate surface area is 189 Å². The van der Waals surface area contributed by atoms with Crippen molar-refractivity contribution in [3.8, 4) is 0 Å². The Bertz CT molecular complexity index is 846. The summed E-state index contributed by atoms with van der Waals surface area (Å²) >= 11 is 12.7. The Morgan fingerprint density at radius 3 is 2.13 bits per heavy atom. The third-order valence-corrected chi connectivity index (χ3v) is 6.00. The topological polar surface area (TPSA) is 49.4 Å². The lowest BCUT2D eigenvalue weighted by atomic mass is 10.00. The van der Waals surface area contributed by atoms with Crippen LogP contribution in [0.3, 0.4) is 0 Å². The molecule has 0 aromatic heterocycles. The summed E-state index contributed by atoms with van der Waals surface area (Å²) in [5.74, 6) is 0.166. The van der Waals surface area contributed by atoms with Crippen LogP contribution in [0.25, 0.3) is 0 Å². The van der Waals surface area contributed by atoms with Gasteiger partial charge in [-0.3, -0.25) is 9.59 Å². The molecule has 2 aromatic rings. The molecular weight excluding hydrogens is 419 g/mol. The van der Waals surface area contributed by atoms with Crippen LogP contribution in [0, 0.1) is 0 Å². The fraction of sp³-hybridized carbons (Fsp3) is 0.417. The summed E-state index contributed by atoms with van der Waals surface area (Å²) in [6.45, 7) is 6.38. The summed E-state index contributed by atoms with van der Waals surface area (Å²) in [5.41, 5.74) is 3.01. The molecule has 6 heteroatoms. The molecule has 30 heavy (non-hydrogen) atoms. The fourth-order valence-electron chi connectivity index (χ4n) is 3.40. The third-order valence-electron chi connectivity index (χ3n) is 5.30. The minimum absolute atomic E-state index is 0.102. The van der Waals surface area contributed by atoms with Gasteiger partial charge in [0.2, 0.25) is 11.8 Å². The van der Waals surface area contributed by atoms with Crippen molar-refractivity contribution in [1.29, 1.82) is 0 Å². The highest BCUT2D eigenvalue weighted by atomic mass is 35.5. The zero-order valence-electron chi connectivity index (χ0n) is 18.0. The summed E-state index contributed by atoms with van der Waals surface area (Å²) in [7, 11) is 1.58. The molecule has 2 rings (SSSR count). The van der Waals surface area contributed by atoms with E-state index in [4.69, 9.17) is 23.2 Å². The van der Waals surface area contributed by atoms with Gasteiger partial charge < -0.3 is 10.2 Å². The number of hydrogen-bond acceptors (Lipinski definition) is 2. The van der Waals surface area contributed by atoms with Gasteiger partial charge in [-0.2, -0.15) is 0 Å². The molecule has 0 fully saturated rings. The van der Waals surface area contributed by atoms with Gasteiger partial charge in [0.25, 0.3) is 0 Å². The van der Waals surface area contributed by atoms with Crippen LogP contribution in [0.1, 0.15) is 56.2 Å². The average molecular weight is 449 g/mol. The fourth-order valence-corrected chi connectivity index (χ4v) is 3.92. The van der Waals surface area contributed by atoms with E-state index in [1.165, 1.54) is 5.56 Å². The van der Waals surface area contributed by atoms with E-state index in [1.54, 1.807) is 30.1 Å². The lowest BCUT2D eigenvalue weighted by Crippen LogP contribution is -2.48. The van der Waals surface area contributed by atoms with Crippen molar-refractivity contribution in [2.45, 2.75) is 58.5 Å². The van der Waals surface area contributed by atoms with E-state index in [0.29, 0.717) is 40.8 Å². The second-order valence-electron chi connectivity index (χ2n) is 7.66. The number of halogens is 2. The summed E-state index contributed by atoms with van der Waals surface area (Å²) < 4.78 is 0. The molecule has 0 aliphatic rings. The number of amides is 2. The molecule has 0 unspecified atom stereocenters. The number of nitrogens with zero attached hydrogens (tertiary/aromatic N) is 1. The van der Waals surface area contributed by atoms with Gasteiger partial charge in [0.05, 0.1) is 0 Å². The highest BCUT2D eigenvalue weighted by Gasteiger charge is 2.28. The first-order valence-electron chi connectivity index (χ1n) is 10.3. The Hall–Kier alpha value is -2.04. The normalized spacial score (nSPS) is 12.0. The Morgan fingerprint density at radius 2 is 1.63 bits per heavy atom. The van der Waals surface area contributed by atoms with Gasteiger partial charge in [0.1, 0.15) is 6.04 Å². The Morgan fingerprint density at radius 1 is 1.03 bits per heavy atom. The van der Waals surface area contributed by atoms with Crippen molar-refractivity contribution in [2.75, 3.05) is 7.05 Å². The molecule has 1 atom stereocenters. The highest BCUT2D eigenvalue weighted by molar-refractivity contribution is 6.36. The van der Waals surface area contributed by atoms with Crippen molar-refractivity contribution in [3.63, 3.8) is 0 Å². The highest BCUT2D eigenvalue weighted by Crippen LogP contribution is 2.27. The summed E-state index contributed by atoms with van der Waals surface area (Å²) in [6, 6.07) is 13.0. The molecule has 0 saturated carbocycles. The molecule has 4 nitrogen and oxygen atoms in total. The van der Waals surface area contributed by atoms with E-state index in [2.05, 4.69) is 43.4 Å². The zero-order valence-corrected chi connectivity index (χ0v) is 19.6. The van der Waals surface area contributed by atoms with Crippen LogP contribution in [0.2, 0.25) is 10.0 Å². The lowest BCUT2D eigenvalue weighted by molar-refractivity contribution is -0.141. The molecule has 0 aliphatic heterocycles. The van der Waals surface area contributed by atoms with Crippen LogP contribution < -0.4 is 5.32 Å². The van der Waals surface area contributed by atoms with Gasteiger partial charge in [0.15, 0.2) is 0 Å². The molecule has 0 heterocycles. The van der Waals surface area contributed by atoms with Gasteiger partial charge in [0, 0.05) is 35.6 Å². The maximum Gasteiger partial charge on any atom is 0.242 e. The van der Waals surface area contributed by atoms with Crippen molar-refractivity contribution in [3.05, 3.63) is 69.2 Å². The van der Waals surface area contributed by atoms with Crippen LogP contribution in [-0.2, 0) is 22.6 Å². The predicted molar refractivity (Wildman–Crippen MR) is 124 cm³/mol. The summed E-state index contributed by atoms with van der Waals surface area (Å²) in [5, 5.41) is 3.62. The van der Waals surface area contributed by atoms with Crippen LogP contribution >= 0.6 is 23.2 Å². The maximum atomic E-state index is 13.2. The van der Waals surface area contributed by atoms with Crippen LogP contribution in [0.15, 0.2) is 42.5 Å². The van der Waals surface area contributed by atoms with Crippen molar-refractivity contribution < 1.29 is 9.59 Å². The molecule has 2 amide bonds. The molecule has 162 valence electrons. The minimum atomic E-state index is -0.585. The van der Waals surface area contributed by atoms with Gasteiger partial charge in [-0.05, 0) is 42.0 Å². The molecule has 0 bridgehead atoms. The third kappa shape index (κ3) is 6.23. The van der Waals surface area contributed by atoms with E-state index in [0.717, 1.165) is 5.56 Å². The number of likely N-dealkylation sites (N-methyl/N-ethyl adjacent to an activating group) is 1. The Kier molecular flexibility index (Phi) is 9.19. The predicted octanol–water partition coefficient (Wildman–Crippen LogP) is 5.60. The SMILES string of the molecule is CC[C@@H](C(=O)NC)N(Cc1c(Cl)cccc1Cl)C(=O)CCc1ccc(C(C)C)cc1. The molecule has 2 aromatic carbocycles. The number of carbonyl (C=O) groups is 2. The lowest BCUT2D eigenvalue weighted by Gasteiger charge is -2.31. The monoisotopic (exact) mass is 448 g/mol. The van der Waals surface area contributed by atoms with Crippen molar-refractivity contribution >= 4 is 35.0 Å². The molecule has 0 saturated heterocycles.